The van der Waals surface area contributed by atoms with E-state index in [0.29, 0.717) is 0 Å². The van der Waals surface area contributed by atoms with Crippen molar-refractivity contribution in [3.63, 3.8) is 0 Å². The Morgan fingerprint density at radius 2 is 1.86 bits per heavy atom. The number of ether oxygens (including phenoxy) is 2. The second-order valence-electron chi connectivity index (χ2n) is 5.02. The Hall–Kier alpha value is -0.980. The molecule has 0 unspecified atom stereocenters. The van der Waals surface area contributed by atoms with Crippen molar-refractivity contribution < 1.29 is 33.2 Å². The van der Waals surface area contributed by atoms with Crippen LogP contribution >= 0.6 is 0 Å². The molecule has 10 nitrogen and oxygen atoms in total. The van der Waals surface area contributed by atoms with Crippen molar-refractivity contribution in [1.29, 1.82) is 0 Å². The van der Waals surface area contributed by atoms with Gasteiger partial charge in [-0.2, -0.15) is 0 Å². The molecule has 1 aliphatic rings. The van der Waals surface area contributed by atoms with Crippen molar-refractivity contribution in [2.24, 2.45) is 16.5 Å². The average molecular weight is 341 g/mol. The minimum absolute atomic E-state index is 0.122. The van der Waals surface area contributed by atoms with Gasteiger partial charge in [0.05, 0.1) is 11.5 Å². The van der Waals surface area contributed by atoms with Crippen LogP contribution in [0, 0.1) is 0 Å². The van der Waals surface area contributed by atoms with E-state index in [1.807, 2.05) is 0 Å². The van der Waals surface area contributed by atoms with E-state index in [-0.39, 0.29) is 24.7 Å². The molecular weight excluding hydrogens is 318 g/mol. The van der Waals surface area contributed by atoms with E-state index < -0.39 is 46.3 Å². The quantitative estimate of drug-likeness (QED) is 0.179. The molecule has 0 aromatic carbocycles. The van der Waals surface area contributed by atoms with Crippen LogP contribution in [-0.4, -0.2) is 85.6 Å². The summed E-state index contributed by atoms with van der Waals surface area (Å²) in [6, 6.07) is 0. The second-order valence-corrected chi connectivity index (χ2v) is 7.25. The normalized spacial score (nSPS) is 32.6. The van der Waals surface area contributed by atoms with Gasteiger partial charge in [-0.15, -0.1) is 0 Å². The van der Waals surface area contributed by atoms with E-state index in [2.05, 4.69) is 4.99 Å². The SMILES string of the molecule is CO[C@H]1O[C@H](CS(=O)(=O)CCCN=C(N)N)[C@@H](O)[C@H](O)[C@H]1O. The number of nitrogens with two attached hydrogens (primary N) is 2. The lowest BCUT2D eigenvalue weighted by Gasteiger charge is -2.39. The van der Waals surface area contributed by atoms with Gasteiger partial charge >= 0.3 is 0 Å². The fourth-order valence-corrected chi connectivity index (χ4v) is 3.59. The van der Waals surface area contributed by atoms with Gasteiger partial charge in [0.2, 0.25) is 0 Å². The number of hydrogen-bond acceptors (Lipinski definition) is 8. The van der Waals surface area contributed by atoms with Gasteiger partial charge in [-0.05, 0) is 6.42 Å². The van der Waals surface area contributed by atoms with Crippen LogP contribution in [0.1, 0.15) is 6.42 Å². The Kier molecular flexibility index (Phi) is 6.97. The van der Waals surface area contributed by atoms with E-state index in [1.54, 1.807) is 0 Å². The second kappa shape index (κ2) is 8.04. The predicted octanol–water partition coefficient (Wildman–Crippen LogP) is -3.48. The third-order valence-corrected chi connectivity index (χ3v) is 4.97. The zero-order valence-corrected chi connectivity index (χ0v) is 13.0. The molecule has 1 heterocycles. The molecule has 130 valence electrons. The van der Waals surface area contributed by atoms with Crippen molar-refractivity contribution in [2.75, 3.05) is 25.2 Å². The van der Waals surface area contributed by atoms with Gasteiger partial charge in [0, 0.05) is 13.7 Å². The minimum atomic E-state index is -3.57. The molecule has 1 aliphatic heterocycles. The molecular formula is C11H23N3O7S. The molecule has 7 N–H and O–H groups in total. The van der Waals surface area contributed by atoms with Gasteiger partial charge in [0.15, 0.2) is 22.1 Å². The van der Waals surface area contributed by atoms with Crippen molar-refractivity contribution in [2.45, 2.75) is 37.1 Å². The average Bonchev–Trinajstić information content (AvgIpc) is 2.44. The van der Waals surface area contributed by atoms with Crippen molar-refractivity contribution in [3.8, 4) is 0 Å². The number of nitrogens with zero attached hydrogens (tertiary/aromatic N) is 1. The lowest BCUT2D eigenvalue weighted by Crippen LogP contribution is -2.59. The summed E-state index contributed by atoms with van der Waals surface area (Å²) in [6.45, 7) is 0.164. The standard InChI is InChI=1S/C11H23N3O7S/c1-20-10-9(17)8(16)7(15)6(21-10)5-22(18,19)4-2-3-14-11(12)13/h6-10,15-17H,2-5H2,1H3,(H4,12,13,14)/t6-,7-,8+,9-,10+/m1/s1. The topological polar surface area (TPSA) is 178 Å². The summed E-state index contributed by atoms with van der Waals surface area (Å²) in [5, 5.41) is 29.1. The zero-order chi connectivity index (χ0) is 16.9. The molecule has 0 radical (unpaired) electrons. The molecule has 5 atom stereocenters. The van der Waals surface area contributed by atoms with Crippen molar-refractivity contribution >= 4 is 15.8 Å². The van der Waals surface area contributed by atoms with Crippen LogP contribution in [0.15, 0.2) is 4.99 Å². The van der Waals surface area contributed by atoms with Crippen LogP contribution in [0.3, 0.4) is 0 Å². The first-order chi connectivity index (χ1) is 10.2. The highest BCUT2D eigenvalue weighted by atomic mass is 32.2. The fourth-order valence-electron chi connectivity index (χ4n) is 2.08. The van der Waals surface area contributed by atoms with Crippen LogP contribution in [0.5, 0.6) is 0 Å². The number of sulfone groups is 1. The zero-order valence-electron chi connectivity index (χ0n) is 12.2. The molecule has 1 rings (SSSR count). The van der Waals surface area contributed by atoms with E-state index in [0.717, 1.165) is 0 Å². The molecule has 22 heavy (non-hydrogen) atoms. The molecule has 0 spiro atoms. The smallest absolute Gasteiger partial charge is 0.186 e. The van der Waals surface area contributed by atoms with Gasteiger partial charge in [0.25, 0.3) is 0 Å². The van der Waals surface area contributed by atoms with Gasteiger partial charge in [-0.25, -0.2) is 8.42 Å². The minimum Gasteiger partial charge on any atom is -0.388 e. The Labute approximate surface area is 128 Å². The predicted molar refractivity (Wildman–Crippen MR) is 77.6 cm³/mol. The van der Waals surface area contributed by atoms with E-state index >= 15 is 0 Å². The molecule has 1 fully saturated rings. The van der Waals surface area contributed by atoms with Crippen LogP contribution in [0.2, 0.25) is 0 Å². The molecule has 0 aromatic rings. The third-order valence-electron chi connectivity index (χ3n) is 3.23. The van der Waals surface area contributed by atoms with E-state index in [9.17, 15) is 23.7 Å². The number of aliphatic hydroxyl groups excluding tert-OH is 3. The highest BCUT2D eigenvalue weighted by Gasteiger charge is 2.45. The van der Waals surface area contributed by atoms with Crippen LogP contribution < -0.4 is 11.5 Å². The number of rotatable bonds is 7. The summed E-state index contributed by atoms with van der Waals surface area (Å²) >= 11 is 0. The number of aliphatic imine (C=N–C) groups is 1. The first kappa shape index (κ1) is 19.1. The first-order valence-electron chi connectivity index (χ1n) is 6.66. The molecule has 0 aromatic heterocycles. The maximum atomic E-state index is 12.0. The summed E-state index contributed by atoms with van der Waals surface area (Å²) in [7, 11) is -2.33. The molecule has 0 aliphatic carbocycles. The lowest BCUT2D eigenvalue weighted by molar-refractivity contribution is -0.285. The molecule has 1 saturated heterocycles. The Balaban J connectivity index is 2.61. The first-order valence-corrected chi connectivity index (χ1v) is 8.48. The Morgan fingerprint density at radius 1 is 1.23 bits per heavy atom. The fraction of sp³-hybridized carbons (Fsp3) is 0.909. The Bertz CT molecular complexity index is 478. The van der Waals surface area contributed by atoms with Gasteiger partial charge in [0.1, 0.15) is 24.4 Å². The van der Waals surface area contributed by atoms with Gasteiger partial charge in [-0.3, -0.25) is 4.99 Å². The number of aliphatic hydroxyl groups is 3. The highest BCUT2D eigenvalue weighted by molar-refractivity contribution is 7.91. The highest BCUT2D eigenvalue weighted by Crippen LogP contribution is 2.23. The number of hydrogen-bond donors (Lipinski definition) is 5. The van der Waals surface area contributed by atoms with Crippen LogP contribution in [-0.2, 0) is 19.3 Å². The van der Waals surface area contributed by atoms with E-state index in [4.69, 9.17) is 20.9 Å². The summed E-state index contributed by atoms with van der Waals surface area (Å²) < 4.78 is 34.0. The largest absolute Gasteiger partial charge is 0.388 e. The monoisotopic (exact) mass is 341 g/mol. The van der Waals surface area contributed by atoms with Crippen LogP contribution in [0.25, 0.3) is 0 Å². The van der Waals surface area contributed by atoms with Gasteiger partial charge in [-0.1, -0.05) is 0 Å². The molecule has 0 saturated carbocycles. The molecule has 11 heteroatoms. The van der Waals surface area contributed by atoms with Crippen molar-refractivity contribution in [3.05, 3.63) is 0 Å². The third kappa shape index (κ3) is 5.34. The maximum Gasteiger partial charge on any atom is 0.186 e. The summed E-state index contributed by atoms with van der Waals surface area (Å²) in [6.07, 6.45) is -6.74. The van der Waals surface area contributed by atoms with E-state index in [1.165, 1.54) is 7.11 Å². The van der Waals surface area contributed by atoms with Crippen LogP contribution in [0.4, 0.5) is 0 Å². The summed E-state index contributed by atoms with van der Waals surface area (Å²) in [5.74, 6) is -0.838. The Morgan fingerprint density at radius 3 is 2.41 bits per heavy atom. The summed E-state index contributed by atoms with van der Waals surface area (Å²) in [5.41, 5.74) is 10.3. The van der Waals surface area contributed by atoms with Gasteiger partial charge < -0.3 is 36.3 Å². The summed E-state index contributed by atoms with van der Waals surface area (Å²) in [4.78, 5) is 3.67. The maximum absolute atomic E-state index is 12.0. The molecule has 0 bridgehead atoms. The number of guanidine groups is 1. The van der Waals surface area contributed by atoms with Crippen molar-refractivity contribution in [1.82, 2.24) is 0 Å². The lowest BCUT2D eigenvalue weighted by atomic mass is 10.00. The number of methoxy groups -OCH3 is 1. The molecule has 0 amide bonds.